The molecule has 0 unspecified atom stereocenters. The van der Waals surface area contributed by atoms with E-state index in [0.29, 0.717) is 10.9 Å². The van der Waals surface area contributed by atoms with Gasteiger partial charge in [0.25, 0.3) is 5.90 Å². The molecule has 4 aromatic rings. The van der Waals surface area contributed by atoms with Crippen LogP contribution in [0.3, 0.4) is 0 Å². The van der Waals surface area contributed by atoms with Crippen molar-refractivity contribution in [2.24, 2.45) is 10.2 Å². The quantitative estimate of drug-likeness (QED) is 0.126. The van der Waals surface area contributed by atoms with Gasteiger partial charge in [0.1, 0.15) is 22.7 Å². The molecule has 3 aromatic heterocycles. The van der Waals surface area contributed by atoms with Gasteiger partial charge in [-0.3, -0.25) is 4.40 Å². The van der Waals surface area contributed by atoms with Crippen LogP contribution in [0.4, 0.5) is 22.0 Å². The molecule has 1 aromatic carbocycles. The maximum atomic E-state index is 14.3. The predicted octanol–water partition coefficient (Wildman–Crippen LogP) is 7.26. The minimum Gasteiger partial charge on any atom is -0.478 e. The van der Waals surface area contributed by atoms with Crippen molar-refractivity contribution in [3.63, 3.8) is 0 Å². The van der Waals surface area contributed by atoms with E-state index in [9.17, 15) is 22.0 Å². The third-order valence-electron chi connectivity index (χ3n) is 4.74. The molecule has 36 heavy (non-hydrogen) atoms. The summed E-state index contributed by atoms with van der Waals surface area (Å²) in [6.45, 7) is 11.2. The van der Waals surface area contributed by atoms with Crippen LogP contribution in [0.25, 0.3) is 27.8 Å². The Kier molecular flexibility index (Phi) is 9.21. The summed E-state index contributed by atoms with van der Waals surface area (Å²) >= 11 is 0. The highest BCUT2D eigenvalue weighted by molar-refractivity contribution is 5.96. The van der Waals surface area contributed by atoms with Crippen molar-refractivity contribution in [3.8, 4) is 11.1 Å². The number of hydrogen-bond acceptors (Lipinski definition) is 5. The minimum atomic E-state index is -5.82. The van der Waals surface area contributed by atoms with Gasteiger partial charge in [0.2, 0.25) is 0 Å². The zero-order chi connectivity index (χ0) is 27.1. The van der Waals surface area contributed by atoms with Crippen molar-refractivity contribution < 1.29 is 26.7 Å². The third kappa shape index (κ3) is 5.34. The van der Waals surface area contributed by atoms with E-state index in [1.54, 1.807) is 42.5 Å². The first-order valence-corrected chi connectivity index (χ1v) is 11.1. The SMILES string of the molecule is C=N/N=C(\OC)c1cn2c(ccc3c(-c4ccccc4)cc(C(F)(F)C(F)(F)F)nc32)n1.CC.CC. The molecule has 0 aliphatic carbocycles. The Morgan fingerprint density at radius 2 is 1.58 bits per heavy atom. The number of hydrogen-bond donors (Lipinski definition) is 0. The summed E-state index contributed by atoms with van der Waals surface area (Å²) in [5.74, 6) is -5.18. The third-order valence-corrected chi connectivity index (χ3v) is 4.74. The molecule has 0 aliphatic heterocycles. The monoisotopic (exact) mass is 507 g/mol. The van der Waals surface area contributed by atoms with Crippen molar-refractivity contribution in [2.75, 3.05) is 7.11 Å². The Morgan fingerprint density at radius 3 is 2.14 bits per heavy atom. The number of nitrogens with zero attached hydrogens (tertiary/aromatic N) is 5. The molecule has 192 valence electrons. The fraction of sp³-hybridized carbons (Fsp3) is 0.280. The van der Waals surface area contributed by atoms with Crippen molar-refractivity contribution in [2.45, 2.75) is 39.8 Å². The zero-order valence-corrected chi connectivity index (χ0v) is 20.4. The van der Waals surface area contributed by atoms with Crippen LogP contribution in [0.2, 0.25) is 0 Å². The van der Waals surface area contributed by atoms with Crippen molar-refractivity contribution in [1.29, 1.82) is 0 Å². The Morgan fingerprint density at radius 1 is 0.944 bits per heavy atom. The van der Waals surface area contributed by atoms with Crippen LogP contribution in [-0.4, -0.2) is 40.3 Å². The molecular formula is C25H26F5N5O. The molecule has 0 bridgehead atoms. The largest absolute Gasteiger partial charge is 0.478 e. The first-order chi connectivity index (χ1) is 17.2. The number of benzene rings is 1. The number of aromatic nitrogens is 3. The average Bonchev–Trinajstić information content (AvgIpc) is 3.33. The molecule has 3 heterocycles. The van der Waals surface area contributed by atoms with E-state index in [4.69, 9.17) is 4.74 Å². The minimum absolute atomic E-state index is 0.0168. The summed E-state index contributed by atoms with van der Waals surface area (Å²) in [4.78, 5) is 7.97. The number of alkyl halides is 5. The molecule has 0 aliphatic rings. The number of methoxy groups -OCH3 is 1. The molecule has 4 rings (SSSR count). The highest BCUT2D eigenvalue weighted by Gasteiger charge is 2.60. The molecule has 0 spiro atoms. The summed E-state index contributed by atoms with van der Waals surface area (Å²) < 4.78 is 74.4. The second-order valence-electron chi connectivity index (χ2n) is 6.67. The first-order valence-electron chi connectivity index (χ1n) is 11.1. The molecule has 0 saturated heterocycles. The number of pyridine rings is 2. The molecule has 0 amide bonds. The van der Waals surface area contributed by atoms with E-state index in [0.717, 1.165) is 6.07 Å². The fourth-order valence-corrected chi connectivity index (χ4v) is 3.26. The summed E-state index contributed by atoms with van der Waals surface area (Å²) in [6.07, 6.45) is -4.45. The molecule has 0 radical (unpaired) electrons. The van der Waals surface area contributed by atoms with E-state index in [-0.39, 0.29) is 28.4 Å². The molecule has 0 fully saturated rings. The maximum Gasteiger partial charge on any atom is 0.459 e. The van der Waals surface area contributed by atoms with Gasteiger partial charge in [0, 0.05) is 18.3 Å². The predicted molar refractivity (Wildman–Crippen MR) is 132 cm³/mol. The number of ether oxygens (including phenoxy) is 1. The molecular weight excluding hydrogens is 481 g/mol. The fourth-order valence-electron chi connectivity index (χ4n) is 3.26. The summed E-state index contributed by atoms with van der Waals surface area (Å²) in [5.41, 5.74) is -0.534. The maximum absolute atomic E-state index is 14.3. The van der Waals surface area contributed by atoms with Crippen LogP contribution in [0.15, 0.2) is 64.9 Å². The van der Waals surface area contributed by atoms with Crippen LogP contribution in [0.5, 0.6) is 0 Å². The molecule has 0 N–H and O–H groups in total. The molecule has 6 nitrogen and oxygen atoms in total. The Bertz CT molecular complexity index is 1350. The van der Waals surface area contributed by atoms with Gasteiger partial charge < -0.3 is 4.74 Å². The van der Waals surface area contributed by atoms with Crippen LogP contribution in [0.1, 0.15) is 39.1 Å². The Balaban J connectivity index is 0.00000109. The van der Waals surface area contributed by atoms with Crippen molar-refractivity contribution >= 4 is 29.3 Å². The highest BCUT2D eigenvalue weighted by Crippen LogP contribution is 2.45. The van der Waals surface area contributed by atoms with Crippen LogP contribution in [0, 0.1) is 0 Å². The normalized spacial score (nSPS) is 11.9. The standard InChI is InChI=1S/C21H14F5N5O.2C2H6/c1-27-30-19(32-2)15-11-31-17(28-15)9-8-13-14(12-6-4-3-5-7-12)10-16(29-18(13)31)20(22,23)21(24,25)26;2*1-2/h3-11H,1H2,2H3;2*1-2H3/b30-19-;;. The topological polar surface area (TPSA) is 64.1 Å². The first kappa shape index (κ1) is 28.3. The number of rotatable bonds is 4. The molecule has 11 heteroatoms. The number of imidazole rings is 1. The Labute approximate surface area is 205 Å². The lowest BCUT2D eigenvalue weighted by atomic mass is 10.00. The second-order valence-corrected chi connectivity index (χ2v) is 6.67. The summed E-state index contributed by atoms with van der Waals surface area (Å²) in [6, 6.07) is 12.1. The molecule has 0 atom stereocenters. The van der Waals surface area contributed by atoms with E-state index in [1.807, 2.05) is 27.7 Å². The second kappa shape index (κ2) is 11.7. The number of halogens is 5. The van der Waals surface area contributed by atoms with E-state index < -0.39 is 17.8 Å². The zero-order valence-electron chi connectivity index (χ0n) is 20.4. The van der Waals surface area contributed by atoms with Gasteiger partial charge in [0.15, 0.2) is 0 Å². The lowest BCUT2D eigenvalue weighted by Gasteiger charge is -2.20. The van der Waals surface area contributed by atoms with Crippen molar-refractivity contribution in [3.05, 3.63) is 66.1 Å². The van der Waals surface area contributed by atoms with Gasteiger partial charge in [0.05, 0.1) is 7.11 Å². The van der Waals surface area contributed by atoms with Crippen LogP contribution < -0.4 is 0 Å². The van der Waals surface area contributed by atoms with Gasteiger partial charge in [-0.15, -0.1) is 5.10 Å². The average molecular weight is 508 g/mol. The van der Waals surface area contributed by atoms with Gasteiger partial charge in [-0.2, -0.15) is 27.1 Å². The summed E-state index contributed by atoms with van der Waals surface area (Å²) in [7, 11) is 1.32. The lowest BCUT2D eigenvalue weighted by Crippen LogP contribution is -2.34. The lowest BCUT2D eigenvalue weighted by molar-refractivity contribution is -0.290. The molecule has 0 saturated carbocycles. The van der Waals surface area contributed by atoms with Crippen LogP contribution in [-0.2, 0) is 10.7 Å². The van der Waals surface area contributed by atoms with E-state index in [2.05, 4.69) is 26.9 Å². The van der Waals surface area contributed by atoms with Gasteiger partial charge in [-0.05, 0) is 29.3 Å². The smallest absolute Gasteiger partial charge is 0.459 e. The van der Waals surface area contributed by atoms with Crippen molar-refractivity contribution in [1.82, 2.24) is 14.4 Å². The van der Waals surface area contributed by atoms with Gasteiger partial charge in [-0.1, -0.05) is 58.0 Å². The van der Waals surface area contributed by atoms with Gasteiger partial charge in [-0.25, -0.2) is 9.97 Å². The number of fused-ring (bicyclic) bond motifs is 3. The summed E-state index contributed by atoms with van der Waals surface area (Å²) in [5, 5.41) is 7.41. The highest BCUT2D eigenvalue weighted by atomic mass is 19.4. The Hall–Kier alpha value is -3.89. The van der Waals surface area contributed by atoms with Gasteiger partial charge >= 0.3 is 12.1 Å². The van der Waals surface area contributed by atoms with E-state index >= 15 is 0 Å². The van der Waals surface area contributed by atoms with E-state index in [1.165, 1.54) is 17.7 Å². The van der Waals surface area contributed by atoms with Crippen LogP contribution >= 0.6 is 0 Å².